The Morgan fingerprint density at radius 2 is 1.96 bits per heavy atom. The van der Waals surface area contributed by atoms with Gasteiger partial charge in [0.05, 0.1) is 23.9 Å². The smallest absolute Gasteiger partial charge is 0.228 e. The van der Waals surface area contributed by atoms with Gasteiger partial charge in [-0.3, -0.25) is 4.79 Å². The van der Waals surface area contributed by atoms with Crippen LogP contribution in [0.4, 0.5) is 5.82 Å². The molecule has 138 valence electrons. The summed E-state index contributed by atoms with van der Waals surface area (Å²) < 4.78 is 6.93. The number of nitrogens with one attached hydrogen (secondary N) is 1. The van der Waals surface area contributed by atoms with Gasteiger partial charge in [0.15, 0.2) is 0 Å². The lowest BCUT2D eigenvalue weighted by Gasteiger charge is -2.13. The molecule has 1 unspecified atom stereocenters. The van der Waals surface area contributed by atoms with E-state index in [-0.39, 0.29) is 36.8 Å². The molecule has 0 bridgehead atoms. The van der Waals surface area contributed by atoms with Crippen molar-refractivity contribution >= 4 is 24.1 Å². The second-order valence-electron chi connectivity index (χ2n) is 6.20. The summed E-state index contributed by atoms with van der Waals surface area (Å²) in [7, 11) is 1.55. The summed E-state index contributed by atoms with van der Waals surface area (Å²) in [6.45, 7) is 6.48. The van der Waals surface area contributed by atoms with Crippen molar-refractivity contribution in [3.63, 3.8) is 0 Å². The third-order valence-electron chi connectivity index (χ3n) is 3.88. The van der Waals surface area contributed by atoms with Crippen molar-refractivity contribution in [1.29, 1.82) is 0 Å². The molecule has 0 aliphatic heterocycles. The van der Waals surface area contributed by atoms with E-state index in [4.69, 9.17) is 10.5 Å². The van der Waals surface area contributed by atoms with Crippen LogP contribution in [0.5, 0.6) is 0 Å². The Kier molecular flexibility index (Phi) is 8.09. The molecular formula is C18H27ClN4O2. The van der Waals surface area contributed by atoms with Crippen LogP contribution in [0.3, 0.4) is 0 Å². The molecule has 2 aromatic rings. The molecule has 1 heterocycles. The molecule has 1 atom stereocenters. The molecular weight excluding hydrogens is 340 g/mol. The summed E-state index contributed by atoms with van der Waals surface area (Å²) in [6.07, 6.45) is -0.0753. The number of anilines is 1. The van der Waals surface area contributed by atoms with Gasteiger partial charge in [0.1, 0.15) is 5.82 Å². The first-order valence-electron chi connectivity index (χ1n) is 8.14. The SMILES string of the molecule is COC(CN)CC(=O)Nc1cc(C(C)C)nn1-c1ccc(C)cc1.Cl. The molecule has 0 radical (unpaired) electrons. The molecule has 2 rings (SSSR count). The van der Waals surface area contributed by atoms with E-state index >= 15 is 0 Å². The average molecular weight is 367 g/mol. The Morgan fingerprint density at radius 3 is 2.48 bits per heavy atom. The van der Waals surface area contributed by atoms with Crippen molar-refractivity contribution in [2.75, 3.05) is 19.0 Å². The minimum Gasteiger partial charge on any atom is -0.380 e. The maximum atomic E-state index is 12.3. The van der Waals surface area contributed by atoms with E-state index in [0.717, 1.165) is 11.4 Å². The van der Waals surface area contributed by atoms with Crippen LogP contribution in [-0.2, 0) is 9.53 Å². The predicted octanol–water partition coefficient (Wildman–Crippen LogP) is 3.03. The highest BCUT2D eigenvalue weighted by atomic mass is 35.5. The number of nitrogens with zero attached hydrogens (tertiary/aromatic N) is 2. The minimum atomic E-state index is -0.287. The predicted molar refractivity (Wildman–Crippen MR) is 103 cm³/mol. The molecule has 0 aliphatic rings. The van der Waals surface area contributed by atoms with Crippen molar-refractivity contribution in [2.45, 2.75) is 39.2 Å². The van der Waals surface area contributed by atoms with Crippen LogP contribution in [0.15, 0.2) is 30.3 Å². The first-order chi connectivity index (χ1) is 11.4. The Balaban J connectivity index is 0.00000312. The monoisotopic (exact) mass is 366 g/mol. The summed E-state index contributed by atoms with van der Waals surface area (Å²) in [6, 6.07) is 9.92. The Morgan fingerprint density at radius 1 is 1.32 bits per heavy atom. The highest BCUT2D eigenvalue weighted by Gasteiger charge is 2.17. The molecule has 25 heavy (non-hydrogen) atoms. The summed E-state index contributed by atoms with van der Waals surface area (Å²) in [5.74, 6) is 0.776. The van der Waals surface area contributed by atoms with Gasteiger partial charge in [-0.15, -0.1) is 12.4 Å². The van der Waals surface area contributed by atoms with Gasteiger partial charge in [-0.25, -0.2) is 4.68 Å². The zero-order chi connectivity index (χ0) is 17.7. The van der Waals surface area contributed by atoms with Gasteiger partial charge in [-0.05, 0) is 25.0 Å². The van der Waals surface area contributed by atoms with E-state index < -0.39 is 0 Å². The van der Waals surface area contributed by atoms with E-state index in [1.807, 2.05) is 37.3 Å². The van der Waals surface area contributed by atoms with Crippen molar-refractivity contribution in [3.05, 3.63) is 41.6 Å². The summed E-state index contributed by atoms with van der Waals surface area (Å²) >= 11 is 0. The highest BCUT2D eigenvalue weighted by Crippen LogP contribution is 2.22. The molecule has 0 saturated heterocycles. The van der Waals surface area contributed by atoms with Crippen LogP contribution in [0.25, 0.3) is 5.69 Å². The quantitative estimate of drug-likeness (QED) is 0.789. The van der Waals surface area contributed by atoms with Crippen molar-refractivity contribution in [3.8, 4) is 5.69 Å². The zero-order valence-corrected chi connectivity index (χ0v) is 16.0. The standard InChI is InChI=1S/C18H26N4O2.ClH/c1-12(2)16-10-17(20-18(23)9-15(11-19)24-4)22(21-16)14-7-5-13(3)6-8-14;/h5-8,10,12,15H,9,11,19H2,1-4H3,(H,20,23);1H. The number of amides is 1. The number of benzene rings is 1. The number of methoxy groups -OCH3 is 1. The molecule has 0 spiro atoms. The summed E-state index contributed by atoms with van der Waals surface area (Å²) in [4.78, 5) is 12.3. The maximum absolute atomic E-state index is 12.3. The van der Waals surface area contributed by atoms with Crippen LogP contribution in [0.1, 0.15) is 37.4 Å². The Bertz CT molecular complexity index is 679. The van der Waals surface area contributed by atoms with Gasteiger partial charge in [0.25, 0.3) is 0 Å². The van der Waals surface area contributed by atoms with Gasteiger partial charge in [0, 0.05) is 19.7 Å². The van der Waals surface area contributed by atoms with E-state index in [0.29, 0.717) is 12.4 Å². The summed E-state index contributed by atoms with van der Waals surface area (Å²) in [5, 5.41) is 7.55. The molecule has 7 heteroatoms. The van der Waals surface area contributed by atoms with E-state index in [2.05, 4.69) is 24.3 Å². The van der Waals surface area contributed by atoms with E-state index in [1.165, 1.54) is 5.56 Å². The lowest BCUT2D eigenvalue weighted by atomic mass is 10.1. The molecule has 1 amide bonds. The first kappa shape index (κ1) is 21.2. The lowest BCUT2D eigenvalue weighted by molar-refractivity contribution is -0.118. The van der Waals surface area contributed by atoms with Gasteiger partial charge in [0.2, 0.25) is 5.91 Å². The Hall–Kier alpha value is -1.89. The number of carbonyl (C=O) groups is 1. The fourth-order valence-corrected chi connectivity index (χ4v) is 2.32. The van der Waals surface area contributed by atoms with Crippen LogP contribution in [-0.4, -0.2) is 35.4 Å². The van der Waals surface area contributed by atoms with E-state index in [1.54, 1.807) is 11.8 Å². The average Bonchev–Trinajstić information content (AvgIpc) is 2.97. The van der Waals surface area contributed by atoms with Gasteiger partial charge in [-0.2, -0.15) is 5.10 Å². The van der Waals surface area contributed by atoms with Crippen LogP contribution in [0.2, 0.25) is 0 Å². The molecule has 0 fully saturated rings. The topological polar surface area (TPSA) is 82.2 Å². The largest absolute Gasteiger partial charge is 0.380 e. The third kappa shape index (κ3) is 5.56. The number of carbonyl (C=O) groups excluding carboxylic acids is 1. The van der Waals surface area contributed by atoms with Crippen molar-refractivity contribution < 1.29 is 9.53 Å². The molecule has 1 aromatic heterocycles. The minimum absolute atomic E-state index is 0. The zero-order valence-electron chi connectivity index (χ0n) is 15.2. The van der Waals surface area contributed by atoms with Crippen LogP contribution in [0, 0.1) is 6.92 Å². The normalized spacial score (nSPS) is 11.9. The fourth-order valence-electron chi connectivity index (χ4n) is 2.32. The van der Waals surface area contributed by atoms with Crippen LogP contribution >= 0.6 is 12.4 Å². The molecule has 1 aromatic carbocycles. The molecule has 0 saturated carbocycles. The van der Waals surface area contributed by atoms with Crippen LogP contribution < -0.4 is 11.1 Å². The fraction of sp³-hybridized carbons (Fsp3) is 0.444. The van der Waals surface area contributed by atoms with Gasteiger partial charge in [-0.1, -0.05) is 31.5 Å². The number of nitrogens with two attached hydrogens (primary N) is 1. The number of hydrogen-bond donors (Lipinski definition) is 2. The number of halogens is 1. The van der Waals surface area contributed by atoms with Crippen molar-refractivity contribution in [1.82, 2.24) is 9.78 Å². The van der Waals surface area contributed by atoms with E-state index in [9.17, 15) is 4.79 Å². The Labute approximate surface area is 155 Å². The van der Waals surface area contributed by atoms with Gasteiger partial charge >= 0.3 is 0 Å². The summed E-state index contributed by atoms with van der Waals surface area (Å²) in [5.41, 5.74) is 8.59. The second kappa shape index (κ2) is 9.56. The van der Waals surface area contributed by atoms with Crippen molar-refractivity contribution in [2.24, 2.45) is 5.73 Å². The molecule has 0 aliphatic carbocycles. The number of aryl methyl sites for hydroxylation is 1. The maximum Gasteiger partial charge on any atom is 0.228 e. The molecule has 6 nitrogen and oxygen atoms in total. The highest BCUT2D eigenvalue weighted by molar-refractivity contribution is 5.90. The number of aromatic nitrogens is 2. The lowest BCUT2D eigenvalue weighted by Crippen LogP contribution is -2.28. The third-order valence-corrected chi connectivity index (χ3v) is 3.88. The number of hydrogen-bond acceptors (Lipinski definition) is 4. The number of rotatable bonds is 7. The first-order valence-corrected chi connectivity index (χ1v) is 8.14. The van der Waals surface area contributed by atoms with Gasteiger partial charge < -0.3 is 15.8 Å². The second-order valence-corrected chi connectivity index (χ2v) is 6.20. The molecule has 3 N–H and O–H groups in total. The number of ether oxygens (including phenoxy) is 1.